The van der Waals surface area contributed by atoms with Crippen LogP contribution in [0.1, 0.15) is 54.3 Å². The molecule has 33 heavy (non-hydrogen) atoms. The van der Waals surface area contributed by atoms with E-state index in [-0.39, 0.29) is 12.3 Å². The number of hydrogen-bond donors (Lipinski definition) is 1. The molecule has 0 atom stereocenters. The smallest absolute Gasteiger partial charge is 0.225 e. The van der Waals surface area contributed by atoms with Crippen molar-refractivity contribution in [1.29, 1.82) is 0 Å². The Morgan fingerprint density at radius 1 is 1.03 bits per heavy atom. The second-order valence-electron chi connectivity index (χ2n) is 8.57. The highest BCUT2D eigenvalue weighted by molar-refractivity contribution is 5.89. The first-order valence-corrected chi connectivity index (χ1v) is 11.2. The van der Waals surface area contributed by atoms with Crippen LogP contribution in [-0.4, -0.2) is 35.9 Å². The molecule has 0 saturated carbocycles. The fraction of sp³-hybridized carbons (Fsp3) is 0.320. The standard InChI is InChI=1S/C25H29N7O/c1-17(2)21-10-8-20(9-11-21)16-31-22(14-15-26-31)27-24(33)13-12-23-28-29-30-32(23)25-18(3)6-5-7-19(25)4/h5-11,14-15,17H,12-13,16H2,1-4H3,(H,27,33). The number of aromatic nitrogens is 6. The number of nitrogens with one attached hydrogen (secondary N) is 1. The molecular weight excluding hydrogens is 414 g/mol. The van der Waals surface area contributed by atoms with Gasteiger partial charge in [-0.2, -0.15) is 9.78 Å². The number of aryl methyl sites for hydroxylation is 3. The van der Waals surface area contributed by atoms with Crippen molar-refractivity contribution >= 4 is 11.7 Å². The average molecular weight is 444 g/mol. The number of amides is 1. The van der Waals surface area contributed by atoms with Gasteiger partial charge in [-0.3, -0.25) is 4.79 Å². The Bertz CT molecular complexity index is 1220. The van der Waals surface area contributed by atoms with Gasteiger partial charge in [-0.15, -0.1) is 5.10 Å². The topological polar surface area (TPSA) is 90.5 Å². The van der Waals surface area contributed by atoms with Crippen LogP contribution in [0.2, 0.25) is 0 Å². The van der Waals surface area contributed by atoms with Gasteiger partial charge in [0, 0.05) is 18.9 Å². The third kappa shape index (κ3) is 5.16. The van der Waals surface area contributed by atoms with Gasteiger partial charge in [0.2, 0.25) is 5.91 Å². The monoisotopic (exact) mass is 443 g/mol. The van der Waals surface area contributed by atoms with Crippen molar-refractivity contribution < 1.29 is 4.79 Å². The maximum atomic E-state index is 12.7. The van der Waals surface area contributed by atoms with Crippen molar-refractivity contribution in [1.82, 2.24) is 30.0 Å². The predicted molar refractivity (Wildman–Crippen MR) is 127 cm³/mol. The summed E-state index contributed by atoms with van der Waals surface area (Å²) in [5, 5.41) is 19.5. The van der Waals surface area contributed by atoms with E-state index >= 15 is 0 Å². The van der Waals surface area contributed by atoms with E-state index in [1.54, 1.807) is 21.6 Å². The first-order valence-electron chi connectivity index (χ1n) is 11.2. The Labute approximate surface area is 193 Å². The van der Waals surface area contributed by atoms with Crippen LogP contribution >= 0.6 is 0 Å². The van der Waals surface area contributed by atoms with E-state index in [1.165, 1.54) is 5.56 Å². The molecule has 0 aliphatic carbocycles. The Kier molecular flexibility index (Phi) is 6.63. The second kappa shape index (κ2) is 9.77. The molecule has 8 heteroatoms. The Hall–Kier alpha value is -3.81. The maximum Gasteiger partial charge on any atom is 0.225 e. The van der Waals surface area contributed by atoms with Crippen molar-refractivity contribution in [2.24, 2.45) is 0 Å². The molecule has 170 valence electrons. The van der Waals surface area contributed by atoms with Crippen LogP contribution in [0, 0.1) is 13.8 Å². The number of anilines is 1. The van der Waals surface area contributed by atoms with Crippen LogP contribution in [0.15, 0.2) is 54.7 Å². The minimum atomic E-state index is -0.108. The molecule has 1 amide bonds. The van der Waals surface area contributed by atoms with E-state index in [0.717, 1.165) is 22.4 Å². The molecule has 1 N–H and O–H groups in total. The van der Waals surface area contributed by atoms with Gasteiger partial charge in [0.15, 0.2) is 5.82 Å². The maximum absolute atomic E-state index is 12.7. The lowest BCUT2D eigenvalue weighted by Crippen LogP contribution is -2.17. The number of nitrogens with zero attached hydrogens (tertiary/aromatic N) is 6. The molecule has 0 bridgehead atoms. The molecule has 2 aromatic heterocycles. The molecule has 2 aromatic carbocycles. The average Bonchev–Trinajstić information content (AvgIpc) is 3.42. The van der Waals surface area contributed by atoms with Gasteiger partial charge in [0.05, 0.1) is 18.4 Å². The molecular formula is C25H29N7O. The lowest BCUT2D eigenvalue weighted by Gasteiger charge is -2.12. The van der Waals surface area contributed by atoms with Gasteiger partial charge in [0.1, 0.15) is 5.82 Å². The zero-order chi connectivity index (χ0) is 23.4. The fourth-order valence-electron chi connectivity index (χ4n) is 3.85. The lowest BCUT2D eigenvalue weighted by atomic mass is 10.0. The van der Waals surface area contributed by atoms with Crippen molar-refractivity contribution in [3.8, 4) is 5.69 Å². The molecule has 0 radical (unpaired) electrons. The van der Waals surface area contributed by atoms with Gasteiger partial charge < -0.3 is 5.32 Å². The lowest BCUT2D eigenvalue weighted by molar-refractivity contribution is -0.116. The number of rotatable bonds is 8. The van der Waals surface area contributed by atoms with Crippen LogP contribution in [0.25, 0.3) is 5.69 Å². The van der Waals surface area contributed by atoms with Crippen LogP contribution < -0.4 is 5.32 Å². The fourth-order valence-corrected chi connectivity index (χ4v) is 3.85. The van der Waals surface area contributed by atoms with E-state index in [9.17, 15) is 4.79 Å². The van der Waals surface area contributed by atoms with Gasteiger partial charge in [-0.1, -0.05) is 56.3 Å². The molecule has 2 heterocycles. The summed E-state index contributed by atoms with van der Waals surface area (Å²) in [6, 6.07) is 16.4. The van der Waals surface area contributed by atoms with Crippen LogP contribution in [-0.2, 0) is 17.8 Å². The number of benzene rings is 2. The van der Waals surface area contributed by atoms with Crippen molar-refractivity contribution in [3.63, 3.8) is 0 Å². The Morgan fingerprint density at radius 2 is 1.76 bits per heavy atom. The van der Waals surface area contributed by atoms with E-state index in [2.05, 4.69) is 64.1 Å². The van der Waals surface area contributed by atoms with Crippen molar-refractivity contribution in [2.75, 3.05) is 5.32 Å². The number of hydrogen-bond acceptors (Lipinski definition) is 5. The first-order chi connectivity index (χ1) is 15.9. The minimum Gasteiger partial charge on any atom is -0.311 e. The molecule has 0 spiro atoms. The summed E-state index contributed by atoms with van der Waals surface area (Å²) in [7, 11) is 0. The van der Waals surface area contributed by atoms with E-state index in [4.69, 9.17) is 0 Å². The predicted octanol–water partition coefficient (Wildman–Crippen LogP) is 4.22. The van der Waals surface area contributed by atoms with Gasteiger partial charge >= 0.3 is 0 Å². The zero-order valence-electron chi connectivity index (χ0n) is 19.5. The number of carbonyl (C=O) groups is 1. The summed E-state index contributed by atoms with van der Waals surface area (Å²) in [6.45, 7) is 9.00. The molecule has 8 nitrogen and oxygen atoms in total. The summed E-state index contributed by atoms with van der Waals surface area (Å²) < 4.78 is 3.52. The SMILES string of the molecule is Cc1cccc(C)c1-n1nnnc1CCC(=O)Nc1ccnn1Cc1ccc(C(C)C)cc1. The summed E-state index contributed by atoms with van der Waals surface area (Å²) in [6.07, 6.45) is 2.39. The van der Waals surface area contributed by atoms with E-state index < -0.39 is 0 Å². The third-order valence-electron chi connectivity index (χ3n) is 5.72. The van der Waals surface area contributed by atoms with Crippen LogP contribution in [0.3, 0.4) is 0 Å². The quantitative estimate of drug-likeness (QED) is 0.440. The molecule has 0 unspecified atom stereocenters. The molecule has 4 aromatic rings. The Balaban J connectivity index is 1.39. The van der Waals surface area contributed by atoms with Crippen LogP contribution in [0.4, 0.5) is 5.82 Å². The van der Waals surface area contributed by atoms with Gasteiger partial charge in [-0.25, -0.2) is 4.68 Å². The normalized spacial score (nSPS) is 11.2. The molecule has 0 fully saturated rings. The second-order valence-corrected chi connectivity index (χ2v) is 8.57. The summed E-state index contributed by atoms with van der Waals surface area (Å²) in [4.78, 5) is 12.7. The number of tetrazole rings is 1. The molecule has 0 aliphatic rings. The minimum absolute atomic E-state index is 0.108. The Morgan fingerprint density at radius 3 is 2.45 bits per heavy atom. The number of para-hydroxylation sites is 1. The van der Waals surface area contributed by atoms with E-state index in [0.29, 0.717) is 30.5 Å². The largest absolute Gasteiger partial charge is 0.311 e. The van der Waals surface area contributed by atoms with Crippen molar-refractivity contribution in [2.45, 2.75) is 53.0 Å². The van der Waals surface area contributed by atoms with Crippen LogP contribution in [0.5, 0.6) is 0 Å². The first kappa shape index (κ1) is 22.4. The number of carbonyl (C=O) groups excluding carboxylic acids is 1. The van der Waals surface area contributed by atoms with Gasteiger partial charge in [-0.05, 0) is 52.4 Å². The summed E-state index contributed by atoms with van der Waals surface area (Å²) in [5.41, 5.74) is 5.55. The van der Waals surface area contributed by atoms with Crippen molar-refractivity contribution in [3.05, 3.63) is 82.8 Å². The molecule has 0 aliphatic heterocycles. The molecule has 4 rings (SSSR count). The summed E-state index contributed by atoms with van der Waals surface area (Å²) in [5.74, 6) is 1.71. The van der Waals surface area contributed by atoms with Gasteiger partial charge in [0.25, 0.3) is 0 Å². The van der Waals surface area contributed by atoms with E-state index in [1.807, 2.05) is 32.0 Å². The third-order valence-corrected chi connectivity index (χ3v) is 5.72. The molecule has 0 saturated heterocycles. The highest BCUT2D eigenvalue weighted by Gasteiger charge is 2.15. The zero-order valence-corrected chi connectivity index (χ0v) is 19.5. The summed E-state index contributed by atoms with van der Waals surface area (Å²) >= 11 is 0. The highest BCUT2D eigenvalue weighted by atomic mass is 16.1. The highest BCUT2D eigenvalue weighted by Crippen LogP contribution is 2.20.